The molecule has 0 fully saturated rings. The van der Waals surface area contributed by atoms with Gasteiger partial charge in [0, 0.05) is 6.04 Å². The average molecular weight is 246 g/mol. The van der Waals surface area contributed by atoms with E-state index in [1.165, 1.54) is 4.90 Å². The van der Waals surface area contributed by atoms with Crippen LogP contribution in [0.5, 0.6) is 0 Å². The highest BCUT2D eigenvalue weighted by Crippen LogP contribution is 2.13. The summed E-state index contributed by atoms with van der Waals surface area (Å²) < 4.78 is 5.15. The highest BCUT2D eigenvalue weighted by Gasteiger charge is 2.27. The zero-order valence-corrected chi connectivity index (χ0v) is 10.9. The summed E-state index contributed by atoms with van der Waals surface area (Å²) >= 11 is 0. The minimum Gasteiger partial charge on any atom is -0.480 e. The number of carbonyl (C=O) groups excluding carboxylic acids is 1. The van der Waals surface area contributed by atoms with Crippen LogP contribution < -0.4 is 5.73 Å². The maximum atomic E-state index is 11.8. The number of carboxylic acid groups (broad SMARTS) is 1. The van der Waals surface area contributed by atoms with Gasteiger partial charge in [0.25, 0.3) is 0 Å². The zero-order chi connectivity index (χ0) is 13.6. The van der Waals surface area contributed by atoms with Crippen LogP contribution in [0, 0.1) is 0 Å². The molecule has 0 aromatic carbocycles. The lowest BCUT2D eigenvalue weighted by Gasteiger charge is -2.30. The van der Waals surface area contributed by atoms with Crippen LogP contribution in [0.1, 0.15) is 34.1 Å². The second-order valence-electron chi connectivity index (χ2n) is 4.93. The van der Waals surface area contributed by atoms with E-state index in [0.29, 0.717) is 13.0 Å². The van der Waals surface area contributed by atoms with E-state index >= 15 is 0 Å². The minimum absolute atomic E-state index is 0.258. The number of aliphatic carboxylic acids is 1. The van der Waals surface area contributed by atoms with Gasteiger partial charge in [-0.3, -0.25) is 9.69 Å². The van der Waals surface area contributed by atoms with Crippen LogP contribution in [0.25, 0.3) is 0 Å². The zero-order valence-electron chi connectivity index (χ0n) is 10.9. The van der Waals surface area contributed by atoms with Gasteiger partial charge in [-0.15, -0.1) is 0 Å². The molecule has 0 aliphatic rings. The summed E-state index contributed by atoms with van der Waals surface area (Å²) in [6, 6.07) is -0.258. The second-order valence-corrected chi connectivity index (χ2v) is 4.93. The predicted molar refractivity (Wildman–Crippen MR) is 63.7 cm³/mol. The Morgan fingerprint density at radius 2 is 1.94 bits per heavy atom. The largest absolute Gasteiger partial charge is 0.480 e. The van der Waals surface area contributed by atoms with E-state index in [2.05, 4.69) is 0 Å². The monoisotopic (exact) mass is 246 g/mol. The summed E-state index contributed by atoms with van der Waals surface area (Å²) in [6.45, 7) is 6.96. The molecular weight excluding hydrogens is 224 g/mol. The number of hydrogen-bond acceptors (Lipinski definition) is 4. The molecule has 0 aliphatic heterocycles. The number of ether oxygens (including phenoxy) is 1. The highest BCUT2D eigenvalue weighted by atomic mass is 16.6. The molecule has 100 valence electrons. The van der Waals surface area contributed by atoms with Gasteiger partial charge < -0.3 is 15.6 Å². The topological polar surface area (TPSA) is 92.9 Å². The number of hydrogen-bond donors (Lipinski definition) is 2. The Kier molecular flexibility index (Phi) is 5.95. The molecule has 0 bridgehead atoms. The molecule has 0 rings (SSSR count). The van der Waals surface area contributed by atoms with Crippen molar-refractivity contribution in [3.05, 3.63) is 0 Å². The molecule has 1 atom stereocenters. The standard InChI is InChI=1S/C11H22N2O4/c1-8(5-6-12)13(7-9(14)15)10(16)17-11(2,3)4/h8H,5-7,12H2,1-4H3,(H,14,15). The fourth-order valence-corrected chi connectivity index (χ4v) is 1.26. The van der Waals surface area contributed by atoms with Crippen molar-refractivity contribution in [1.82, 2.24) is 4.90 Å². The lowest BCUT2D eigenvalue weighted by Crippen LogP contribution is -2.45. The Labute approximate surface area is 102 Å². The van der Waals surface area contributed by atoms with E-state index < -0.39 is 17.7 Å². The smallest absolute Gasteiger partial charge is 0.411 e. The first-order chi connectivity index (χ1) is 7.67. The Balaban J connectivity index is 4.67. The molecule has 0 heterocycles. The lowest BCUT2D eigenvalue weighted by molar-refractivity contribution is -0.138. The Morgan fingerprint density at radius 3 is 2.29 bits per heavy atom. The van der Waals surface area contributed by atoms with Gasteiger partial charge in [-0.2, -0.15) is 0 Å². The molecule has 0 saturated heterocycles. The van der Waals surface area contributed by atoms with Crippen molar-refractivity contribution in [2.24, 2.45) is 5.73 Å². The van der Waals surface area contributed by atoms with Gasteiger partial charge in [0.1, 0.15) is 12.1 Å². The first-order valence-corrected chi connectivity index (χ1v) is 5.59. The number of nitrogens with zero attached hydrogens (tertiary/aromatic N) is 1. The van der Waals surface area contributed by atoms with Gasteiger partial charge in [0.05, 0.1) is 0 Å². The van der Waals surface area contributed by atoms with Gasteiger partial charge in [0.15, 0.2) is 0 Å². The number of rotatable bonds is 5. The molecule has 0 radical (unpaired) electrons. The normalized spacial score (nSPS) is 13.0. The third-order valence-electron chi connectivity index (χ3n) is 2.05. The second kappa shape index (κ2) is 6.44. The number of carboxylic acids is 1. The summed E-state index contributed by atoms with van der Waals surface area (Å²) in [4.78, 5) is 23.7. The van der Waals surface area contributed by atoms with Crippen molar-refractivity contribution < 1.29 is 19.4 Å². The number of carbonyl (C=O) groups is 2. The maximum Gasteiger partial charge on any atom is 0.411 e. The van der Waals surface area contributed by atoms with E-state index in [9.17, 15) is 9.59 Å². The van der Waals surface area contributed by atoms with E-state index in [-0.39, 0.29) is 12.6 Å². The van der Waals surface area contributed by atoms with Crippen LogP contribution in [0.4, 0.5) is 4.79 Å². The molecule has 3 N–H and O–H groups in total. The molecule has 17 heavy (non-hydrogen) atoms. The fourth-order valence-electron chi connectivity index (χ4n) is 1.26. The number of nitrogens with two attached hydrogens (primary N) is 1. The lowest BCUT2D eigenvalue weighted by atomic mass is 10.2. The Bertz CT molecular complexity index is 273. The van der Waals surface area contributed by atoms with Gasteiger partial charge in [-0.05, 0) is 40.7 Å². The summed E-state index contributed by atoms with van der Waals surface area (Å²) in [5, 5.41) is 8.77. The predicted octanol–water partition coefficient (Wildman–Crippen LogP) is 1.05. The van der Waals surface area contributed by atoms with Crippen molar-refractivity contribution >= 4 is 12.1 Å². The first-order valence-electron chi connectivity index (χ1n) is 5.59. The van der Waals surface area contributed by atoms with Crippen LogP contribution in [-0.2, 0) is 9.53 Å². The van der Waals surface area contributed by atoms with E-state index in [0.717, 1.165) is 0 Å². The summed E-state index contributed by atoms with van der Waals surface area (Å²) in [5.74, 6) is -1.07. The van der Waals surface area contributed by atoms with Gasteiger partial charge >= 0.3 is 12.1 Å². The molecule has 0 aromatic rings. The van der Waals surface area contributed by atoms with Crippen molar-refractivity contribution in [3.63, 3.8) is 0 Å². The van der Waals surface area contributed by atoms with Crippen LogP contribution in [0.15, 0.2) is 0 Å². The molecule has 0 saturated carbocycles. The van der Waals surface area contributed by atoms with E-state index in [4.69, 9.17) is 15.6 Å². The fraction of sp³-hybridized carbons (Fsp3) is 0.818. The van der Waals surface area contributed by atoms with E-state index in [1.807, 2.05) is 0 Å². The quantitative estimate of drug-likeness (QED) is 0.756. The molecule has 1 unspecified atom stereocenters. The van der Waals surface area contributed by atoms with Crippen molar-refractivity contribution in [2.45, 2.75) is 45.8 Å². The summed E-state index contributed by atoms with van der Waals surface area (Å²) in [5.41, 5.74) is 4.76. The SMILES string of the molecule is CC(CCN)N(CC(=O)O)C(=O)OC(C)(C)C. The van der Waals surface area contributed by atoms with Gasteiger partial charge in [0.2, 0.25) is 0 Å². The molecule has 1 amide bonds. The van der Waals surface area contributed by atoms with Crippen molar-refractivity contribution in [3.8, 4) is 0 Å². The number of amides is 1. The van der Waals surface area contributed by atoms with Crippen LogP contribution in [0.2, 0.25) is 0 Å². The Morgan fingerprint density at radius 1 is 1.41 bits per heavy atom. The first kappa shape index (κ1) is 15.7. The molecule has 6 nitrogen and oxygen atoms in total. The summed E-state index contributed by atoms with van der Waals surface area (Å²) in [6.07, 6.45) is -0.0900. The van der Waals surface area contributed by atoms with Gasteiger partial charge in [-0.1, -0.05) is 0 Å². The summed E-state index contributed by atoms with van der Waals surface area (Å²) in [7, 11) is 0. The van der Waals surface area contributed by atoms with Crippen molar-refractivity contribution in [2.75, 3.05) is 13.1 Å². The molecule has 0 aromatic heterocycles. The molecular formula is C11H22N2O4. The van der Waals surface area contributed by atoms with Crippen LogP contribution in [-0.4, -0.2) is 46.8 Å². The highest BCUT2D eigenvalue weighted by molar-refractivity contribution is 5.77. The van der Waals surface area contributed by atoms with Gasteiger partial charge in [-0.25, -0.2) is 4.79 Å². The average Bonchev–Trinajstić information content (AvgIpc) is 2.11. The third-order valence-corrected chi connectivity index (χ3v) is 2.05. The van der Waals surface area contributed by atoms with Crippen LogP contribution in [0.3, 0.4) is 0 Å². The van der Waals surface area contributed by atoms with Crippen LogP contribution >= 0.6 is 0 Å². The van der Waals surface area contributed by atoms with Crippen molar-refractivity contribution in [1.29, 1.82) is 0 Å². The van der Waals surface area contributed by atoms with E-state index in [1.54, 1.807) is 27.7 Å². The molecule has 0 spiro atoms. The Hall–Kier alpha value is -1.30. The third kappa shape index (κ3) is 6.78. The maximum absolute atomic E-state index is 11.8. The molecule has 0 aliphatic carbocycles. The minimum atomic E-state index is -1.07. The molecule has 6 heteroatoms.